The summed E-state index contributed by atoms with van der Waals surface area (Å²) in [7, 11) is 0. The summed E-state index contributed by atoms with van der Waals surface area (Å²) < 4.78 is 41.8. The van der Waals surface area contributed by atoms with Crippen LogP contribution in [-0.2, 0) is 4.79 Å². The van der Waals surface area contributed by atoms with Crippen LogP contribution >= 0.6 is 0 Å². The average molecular weight is 432 g/mol. The largest absolute Gasteiger partial charge is 0.394 e. The van der Waals surface area contributed by atoms with Gasteiger partial charge in [-0.05, 0) is 67.1 Å². The molecule has 1 heterocycles. The summed E-state index contributed by atoms with van der Waals surface area (Å²) >= 11 is 0. The first-order valence-electron chi connectivity index (χ1n) is 10.1. The van der Waals surface area contributed by atoms with Crippen LogP contribution in [0.25, 0.3) is 22.2 Å². The van der Waals surface area contributed by atoms with E-state index in [9.17, 15) is 28.2 Å². The number of aliphatic hydroxyl groups is 2. The SMILES string of the molecule is C[C@@H](O)[C@H](CO)NC(=O)[C@H]1C[C@H](c2c(-c3ccc(F)cc3)[nH]c3c(F)cc(F)cc32)C1. The van der Waals surface area contributed by atoms with Gasteiger partial charge >= 0.3 is 0 Å². The highest BCUT2D eigenvalue weighted by Crippen LogP contribution is 2.48. The fourth-order valence-electron chi connectivity index (χ4n) is 4.20. The Hall–Kier alpha value is -2.84. The van der Waals surface area contributed by atoms with Crippen LogP contribution in [0.15, 0.2) is 36.4 Å². The molecule has 2 aromatic carbocycles. The quantitative estimate of drug-likeness (QED) is 0.480. The Morgan fingerprint density at radius 1 is 1.16 bits per heavy atom. The van der Waals surface area contributed by atoms with Gasteiger partial charge in [0.25, 0.3) is 0 Å². The molecular weight excluding hydrogens is 409 g/mol. The van der Waals surface area contributed by atoms with Gasteiger partial charge in [0.15, 0.2) is 0 Å². The number of aromatic amines is 1. The van der Waals surface area contributed by atoms with E-state index in [0.29, 0.717) is 35.0 Å². The van der Waals surface area contributed by atoms with Gasteiger partial charge < -0.3 is 20.5 Å². The molecule has 1 aromatic heterocycles. The monoisotopic (exact) mass is 432 g/mol. The maximum atomic E-state index is 14.4. The van der Waals surface area contributed by atoms with E-state index in [1.807, 2.05) is 0 Å². The van der Waals surface area contributed by atoms with Crippen LogP contribution in [0.2, 0.25) is 0 Å². The molecular formula is C23H23F3N2O3. The minimum absolute atomic E-state index is 0.134. The number of rotatable bonds is 6. The minimum atomic E-state index is -0.894. The van der Waals surface area contributed by atoms with Crippen LogP contribution in [0.4, 0.5) is 13.2 Å². The predicted octanol–water partition coefficient (Wildman–Crippen LogP) is 3.60. The van der Waals surface area contributed by atoms with E-state index < -0.39 is 29.6 Å². The van der Waals surface area contributed by atoms with Gasteiger partial charge in [0.1, 0.15) is 17.5 Å². The molecule has 0 bridgehead atoms. The molecule has 8 heteroatoms. The van der Waals surface area contributed by atoms with Gasteiger partial charge in [-0.1, -0.05) is 0 Å². The predicted molar refractivity (Wildman–Crippen MR) is 110 cm³/mol. The zero-order valence-corrected chi connectivity index (χ0v) is 16.8. The van der Waals surface area contributed by atoms with Crippen molar-refractivity contribution in [3.05, 3.63) is 59.4 Å². The maximum Gasteiger partial charge on any atom is 0.223 e. The lowest BCUT2D eigenvalue weighted by Crippen LogP contribution is -2.49. The second-order valence-corrected chi connectivity index (χ2v) is 8.13. The topological polar surface area (TPSA) is 85.3 Å². The zero-order chi connectivity index (χ0) is 22.3. The lowest BCUT2D eigenvalue weighted by atomic mass is 9.69. The zero-order valence-electron chi connectivity index (χ0n) is 16.8. The Kier molecular flexibility index (Phi) is 5.77. The molecule has 1 saturated carbocycles. The van der Waals surface area contributed by atoms with Gasteiger partial charge in [0.05, 0.1) is 30.0 Å². The summed E-state index contributed by atoms with van der Waals surface area (Å²) in [6, 6.07) is 7.04. The van der Waals surface area contributed by atoms with Crippen molar-refractivity contribution in [3.8, 4) is 11.3 Å². The number of H-pyrrole nitrogens is 1. The molecule has 0 unspecified atom stereocenters. The first-order chi connectivity index (χ1) is 14.8. The number of aliphatic hydroxyl groups excluding tert-OH is 2. The molecule has 31 heavy (non-hydrogen) atoms. The fourth-order valence-corrected chi connectivity index (χ4v) is 4.20. The van der Waals surface area contributed by atoms with Gasteiger partial charge in [-0.25, -0.2) is 13.2 Å². The Morgan fingerprint density at radius 2 is 1.84 bits per heavy atom. The summed E-state index contributed by atoms with van der Waals surface area (Å²) in [5, 5.41) is 21.9. The molecule has 3 aromatic rings. The first-order valence-corrected chi connectivity index (χ1v) is 10.1. The van der Waals surface area contributed by atoms with Gasteiger partial charge in [-0.2, -0.15) is 0 Å². The third-order valence-electron chi connectivity index (χ3n) is 6.02. The number of amides is 1. The third kappa shape index (κ3) is 4.05. The van der Waals surface area contributed by atoms with Crippen LogP contribution in [0.3, 0.4) is 0 Å². The summed E-state index contributed by atoms with van der Waals surface area (Å²) in [5.41, 5.74) is 2.06. The van der Waals surface area contributed by atoms with Gasteiger partial charge in [0, 0.05) is 17.4 Å². The Labute approximate surface area is 176 Å². The molecule has 1 amide bonds. The summed E-state index contributed by atoms with van der Waals surface area (Å²) in [6.07, 6.45) is 0.000975. The van der Waals surface area contributed by atoms with Crippen LogP contribution in [0.1, 0.15) is 31.2 Å². The average Bonchev–Trinajstić information content (AvgIpc) is 3.05. The van der Waals surface area contributed by atoms with Gasteiger partial charge in [0.2, 0.25) is 5.91 Å². The number of halogens is 3. The standard InChI is InChI=1S/C23H23F3N2O3/c1-11(30)19(10-29)27-23(31)14-6-13(7-14)20-17-8-16(25)9-18(26)22(17)28-21(20)12-2-4-15(24)5-3-12/h2-5,8-9,11,13-14,19,28-30H,6-7,10H2,1H3,(H,27,31)/t11-,13-,14-,19+/m1/s1. The van der Waals surface area contributed by atoms with E-state index in [1.54, 1.807) is 12.1 Å². The molecule has 4 N–H and O–H groups in total. The number of aromatic nitrogens is 1. The molecule has 4 rings (SSSR count). The molecule has 1 aliphatic rings. The van der Waals surface area contributed by atoms with E-state index >= 15 is 0 Å². The van der Waals surface area contributed by atoms with E-state index in [1.165, 1.54) is 25.1 Å². The molecule has 164 valence electrons. The molecule has 0 radical (unpaired) electrons. The minimum Gasteiger partial charge on any atom is -0.394 e. The summed E-state index contributed by atoms with van der Waals surface area (Å²) in [6.45, 7) is 1.10. The lowest BCUT2D eigenvalue weighted by molar-refractivity contribution is -0.130. The van der Waals surface area contributed by atoms with Crippen molar-refractivity contribution in [3.63, 3.8) is 0 Å². The smallest absolute Gasteiger partial charge is 0.223 e. The highest BCUT2D eigenvalue weighted by Gasteiger charge is 2.39. The highest BCUT2D eigenvalue weighted by atomic mass is 19.1. The third-order valence-corrected chi connectivity index (χ3v) is 6.02. The molecule has 0 aliphatic heterocycles. The normalized spacial score (nSPS) is 20.3. The maximum absolute atomic E-state index is 14.4. The summed E-state index contributed by atoms with van der Waals surface area (Å²) in [5.74, 6) is -2.59. The number of nitrogens with one attached hydrogen (secondary N) is 2. The Balaban J connectivity index is 1.65. The van der Waals surface area contributed by atoms with Gasteiger partial charge in [-0.15, -0.1) is 0 Å². The summed E-state index contributed by atoms with van der Waals surface area (Å²) in [4.78, 5) is 15.5. The van der Waals surface area contributed by atoms with Crippen molar-refractivity contribution >= 4 is 16.8 Å². The lowest BCUT2D eigenvalue weighted by Gasteiger charge is -2.36. The number of carbonyl (C=O) groups excluding carboxylic acids is 1. The van der Waals surface area contributed by atoms with Crippen LogP contribution in [0, 0.1) is 23.4 Å². The second kappa shape index (κ2) is 8.36. The van der Waals surface area contributed by atoms with Crippen molar-refractivity contribution < 1.29 is 28.2 Å². The Morgan fingerprint density at radius 3 is 2.45 bits per heavy atom. The number of carbonyl (C=O) groups is 1. The number of fused-ring (bicyclic) bond motifs is 1. The first kappa shape index (κ1) is 21.4. The van der Waals surface area contributed by atoms with E-state index in [0.717, 1.165) is 6.07 Å². The van der Waals surface area contributed by atoms with Gasteiger partial charge in [-0.3, -0.25) is 4.79 Å². The van der Waals surface area contributed by atoms with E-state index in [2.05, 4.69) is 10.3 Å². The second-order valence-electron chi connectivity index (χ2n) is 8.13. The molecule has 0 spiro atoms. The van der Waals surface area contributed by atoms with Crippen molar-refractivity contribution in [1.29, 1.82) is 0 Å². The van der Waals surface area contributed by atoms with Crippen molar-refractivity contribution in [2.24, 2.45) is 5.92 Å². The molecule has 5 nitrogen and oxygen atoms in total. The van der Waals surface area contributed by atoms with Crippen molar-refractivity contribution in [2.75, 3.05) is 6.61 Å². The number of hydrogen-bond donors (Lipinski definition) is 4. The van der Waals surface area contributed by atoms with E-state index in [4.69, 9.17) is 0 Å². The highest BCUT2D eigenvalue weighted by molar-refractivity contribution is 5.92. The number of benzene rings is 2. The van der Waals surface area contributed by atoms with Crippen LogP contribution < -0.4 is 5.32 Å². The Bertz CT molecular complexity index is 1110. The molecule has 2 atom stereocenters. The molecule has 0 saturated heterocycles. The molecule has 1 aliphatic carbocycles. The number of hydrogen-bond acceptors (Lipinski definition) is 3. The van der Waals surface area contributed by atoms with Crippen molar-refractivity contribution in [2.45, 2.75) is 37.8 Å². The van der Waals surface area contributed by atoms with Crippen LogP contribution in [-0.4, -0.2) is 39.9 Å². The van der Waals surface area contributed by atoms with Crippen LogP contribution in [0.5, 0.6) is 0 Å². The van der Waals surface area contributed by atoms with Crippen molar-refractivity contribution in [1.82, 2.24) is 10.3 Å². The fraction of sp³-hybridized carbons (Fsp3) is 0.348. The van der Waals surface area contributed by atoms with E-state index in [-0.39, 0.29) is 29.9 Å². The molecule has 1 fully saturated rings.